The smallest absolute Gasteiger partial charge is 0.0461 e. The lowest BCUT2D eigenvalue weighted by Gasteiger charge is -2.23. The molecular weight excluding hydrogens is 259 g/mol. The molecule has 0 bridgehead atoms. The third kappa shape index (κ3) is 3.09. The number of hydrogen-bond donors (Lipinski definition) is 0. The van der Waals surface area contributed by atoms with Crippen molar-refractivity contribution in [1.82, 2.24) is 0 Å². The van der Waals surface area contributed by atoms with E-state index >= 15 is 0 Å². The molecule has 1 unspecified atom stereocenters. The first kappa shape index (κ1) is 14.2. The van der Waals surface area contributed by atoms with E-state index in [4.69, 9.17) is 23.2 Å². The Balaban J connectivity index is 3.28. The zero-order chi connectivity index (χ0) is 12.5. The van der Waals surface area contributed by atoms with Gasteiger partial charge in [0.25, 0.3) is 0 Å². The first-order chi connectivity index (χ1) is 7.27. The standard InChI is InChI=1S/C13H18Cl2S/c1-8(16-5)9-6-10(14)12(11(15)7-9)13(2,3)4/h6-8H,1-5H3. The van der Waals surface area contributed by atoms with Crippen molar-refractivity contribution >= 4 is 35.0 Å². The Morgan fingerprint density at radius 1 is 1.12 bits per heavy atom. The lowest BCUT2D eigenvalue weighted by molar-refractivity contribution is 0.590. The van der Waals surface area contributed by atoms with Crippen LogP contribution in [0.5, 0.6) is 0 Å². The minimum absolute atomic E-state index is 0.0186. The Hall–Kier alpha value is 0.150. The predicted octanol–water partition coefficient (Wildman–Crippen LogP) is 5.71. The minimum atomic E-state index is -0.0186. The highest BCUT2D eigenvalue weighted by Gasteiger charge is 2.22. The normalized spacial score (nSPS) is 13.9. The molecule has 1 rings (SSSR count). The Kier molecular flexibility index (Phi) is 4.62. The van der Waals surface area contributed by atoms with Gasteiger partial charge in [0, 0.05) is 15.3 Å². The monoisotopic (exact) mass is 276 g/mol. The van der Waals surface area contributed by atoms with Gasteiger partial charge in [-0.1, -0.05) is 44.0 Å². The summed E-state index contributed by atoms with van der Waals surface area (Å²) >= 11 is 14.4. The lowest BCUT2D eigenvalue weighted by atomic mass is 9.86. The zero-order valence-electron chi connectivity index (χ0n) is 10.4. The summed E-state index contributed by atoms with van der Waals surface area (Å²) in [4.78, 5) is 0. The molecule has 0 N–H and O–H groups in total. The molecule has 0 aliphatic carbocycles. The molecule has 0 aromatic heterocycles. The van der Waals surface area contributed by atoms with Crippen molar-refractivity contribution in [2.45, 2.75) is 38.4 Å². The number of hydrogen-bond acceptors (Lipinski definition) is 1. The molecule has 0 saturated carbocycles. The van der Waals surface area contributed by atoms with Crippen molar-refractivity contribution in [2.75, 3.05) is 6.26 Å². The molecule has 1 aromatic carbocycles. The number of benzene rings is 1. The maximum Gasteiger partial charge on any atom is 0.0461 e. The van der Waals surface area contributed by atoms with Crippen LogP contribution in [0, 0.1) is 0 Å². The van der Waals surface area contributed by atoms with Crippen molar-refractivity contribution in [3.8, 4) is 0 Å². The summed E-state index contributed by atoms with van der Waals surface area (Å²) in [5, 5.41) is 1.97. The van der Waals surface area contributed by atoms with Crippen LogP contribution in [0.2, 0.25) is 10.0 Å². The fourth-order valence-corrected chi connectivity index (χ4v) is 3.16. The second-order valence-electron chi connectivity index (χ2n) is 4.99. The van der Waals surface area contributed by atoms with E-state index in [1.165, 1.54) is 5.56 Å². The minimum Gasteiger partial charge on any atom is -0.157 e. The topological polar surface area (TPSA) is 0 Å². The van der Waals surface area contributed by atoms with E-state index in [9.17, 15) is 0 Å². The van der Waals surface area contributed by atoms with Crippen molar-refractivity contribution in [3.63, 3.8) is 0 Å². The van der Waals surface area contributed by atoms with Gasteiger partial charge in [0.2, 0.25) is 0 Å². The first-order valence-corrected chi connectivity index (χ1v) is 7.34. The van der Waals surface area contributed by atoms with Crippen molar-refractivity contribution < 1.29 is 0 Å². The summed E-state index contributed by atoms with van der Waals surface area (Å²) in [6, 6.07) is 4.07. The van der Waals surface area contributed by atoms with E-state index in [1.807, 2.05) is 12.1 Å². The molecule has 0 aliphatic heterocycles. The average Bonchev–Trinajstić information content (AvgIpc) is 2.13. The maximum atomic E-state index is 6.33. The van der Waals surface area contributed by atoms with E-state index in [-0.39, 0.29) is 5.41 Å². The average molecular weight is 277 g/mol. The third-order valence-electron chi connectivity index (χ3n) is 2.64. The van der Waals surface area contributed by atoms with Crippen LogP contribution in [0.3, 0.4) is 0 Å². The van der Waals surface area contributed by atoms with Crippen LogP contribution >= 0.6 is 35.0 Å². The Labute approximate surface area is 113 Å². The zero-order valence-corrected chi connectivity index (χ0v) is 12.7. The van der Waals surface area contributed by atoms with Crippen LogP contribution in [0.25, 0.3) is 0 Å². The highest BCUT2D eigenvalue weighted by atomic mass is 35.5. The summed E-state index contributed by atoms with van der Waals surface area (Å²) in [6.07, 6.45) is 2.09. The van der Waals surface area contributed by atoms with Gasteiger partial charge < -0.3 is 0 Å². The molecule has 16 heavy (non-hydrogen) atoms. The van der Waals surface area contributed by atoms with Crippen LogP contribution in [0.4, 0.5) is 0 Å². The summed E-state index contributed by atoms with van der Waals surface area (Å²) < 4.78 is 0. The predicted molar refractivity (Wildman–Crippen MR) is 77.1 cm³/mol. The largest absolute Gasteiger partial charge is 0.157 e. The van der Waals surface area contributed by atoms with Crippen LogP contribution in [-0.4, -0.2) is 6.26 Å². The second kappa shape index (κ2) is 5.20. The van der Waals surface area contributed by atoms with Gasteiger partial charge in [-0.3, -0.25) is 0 Å². The first-order valence-electron chi connectivity index (χ1n) is 5.29. The van der Waals surface area contributed by atoms with Gasteiger partial charge in [0.1, 0.15) is 0 Å². The highest BCUT2D eigenvalue weighted by molar-refractivity contribution is 7.98. The quantitative estimate of drug-likeness (QED) is 0.666. The molecule has 0 aliphatic rings. The van der Waals surface area contributed by atoms with E-state index < -0.39 is 0 Å². The fourth-order valence-electron chi connectivity index (χ4n) is 1.68. The van der Waals surface area contributed by atoms with E-state index in [0.717, 1.165) is 15.6 Å². The van der Waals surface area contributed by atoms with Crippen molar-refractivity contribution in [3.05, 3.63) is 33.3 Å². The molecule has 0 fully saturated rings. The molecule has 0 amide bonds. The van der Waals surface area contributed by atoms with E-state index in [2.05, 4.69) is 34.0 Å². The van der Waals surface area contributed by atoms with Gasteiger partial charge >= 0.3 is 0 Å². The molecule has 3 heteroatoms. The van der Waals surface area contributed by atoms with Crippen molar-refractivity contribution in [1.29, 1.82) is 0 Å². The molecular formula is C13H18Cl2S. The van der Waals surface area contributed by atoms with Gasteiger partial charge in [-0.15, -0.1) is 0 Å². The van der Waals surface area contributed by atoms with Crippen LogP contribution in [0.1, 0.15) is 44.1 Å². The molecule has 0 radical (unpaired) electrons. The Morgan fingerprint density at radius 3 is 1.88 bits per heavy atom. The van der Waals surface area contributed by atoms with Gasteiger partial charge in [-0.05, 0) is 41.9 Å². The number of thioether (sulfide) groups is 1. The summed E-state index contributed by atoms with van der Waals surface area (Å²) in [5.74, 6) is 0. The summed E-state index contributed by atoms with van der Waals surface area (Å²) in [6.45, 7) is 8.52. The summed E-state index contributed by atoms with van der Waals surface area (Å²) in [7, 11) is 0. The third-order valence-corrected chi connectivity index (χ3v) is 4.21. The molecule has 0 nitrogen and oxygen atoms in total. The Morgan fingerprint density at radius 2 is 1.56 bits per heavy atom. The van der Waals surface area contributed by atoms with Crippen LogP contribution in [0.15, 0.2) is 12.1 Å². The van der Waals surface area contributed by atoms with Gasteiger partial charge in [0.05, 0.1) is 0 Å². The number of halogens is 2. The highest BCUT2D eigenvalue weighted by Crippen LogP contribution is 2.39. The number of rotatable bonds is 2. The van der Waals surface area contributed by atoms with Crippen molar-refractivity contribution in [2.24, 2.45) is 0 Å². The molecule has 1 aromatic rings. The van der Waals surface area contributed by atoms with Gasteiger partial charge in [-0.2, -0.15) is 11.8 Å². The van der Waals surface area contributed by atoms with Crippen LogP contribution in [-0.2, 0) is 5.41 Å². The van der Waals surface area contributed by atoms with Gasteiger partial charge in [0.15, 0.2) is 0 Å². The van der Waals surface area contributed by atoms with E-state index in [1.54, 1.807) is 11.8 Å². The van der Waals surface area contributed by atoms with E-state index in [0.29, 0.717) is 5.25 Å². The molecule has 0 saturated heterocycles. The SMILES string of the molecule is CSC(C)c1cc(Cl)c(C(C)(C)C)c(Cl)c1. The van der Waals surface area contributed by atoms with Crippen LogP contribution < -0.4 is 0 Å². The fraction of sp³-hybridized carbons (Fsp3) is 0.538. The molecule has 90 valence electrons. The molecule has 0 heterocycles. The summed E-state index contributed by atoms with van der Waals surface area (Å²) in [5.41, 5.74) is 2.21. The maximum absolute atomic E-state index is 6.33. The Bertz CT molecular complexity index is 357. The molecule has 1 atom stereocenters. The molecule has 0 spiro atoms. The lowest BCUT2D eigenvalue weighted by Crippen LogP contribution is -2.13. The second-order valence-corrected chi connectivity index (χ2v) is 6.98. The van der Waals surface area contributed by atoms with Gasteiger partial charge in [-0.25, -0.2) is 0 Å².